The normalized spacial score (nSPS) is 11.0. The van der Waals surface area contributed by atoms with Gasteiger partial charge in [0.25, 0.3) is 5.56 Å². The van der Waals surface area contributed by atoms with Gasteiger partial charge in [0.2, 0.25) is 5.95 Å². The van der Waals surface area contributed by atoms with E-state index in [1.54, 1.807) is 30.3 Å². The fraction of sp³-hybridized carbons (Fsp3) is 0.143. The number of benzene rings is 2. The van der Waals surface area contributed by atoms with E-state index in [1.165, 1.54) is 12.3 Å². The van der Waals surface area contributed by atoms with E-state index in [0.29, 0.717) is 11.3 Å². The van der Waals surface area contributed by atoms with Crippen LogP contribution >= 0.6 is 0 Å². The van der Waals surface area contributed by atoms with Crippen LogP contribution in [0.5, 0.6) is 0 Å². The molecule has 0 aliphatic rings. The van der Waals surface area contributed by atoms with Crippen molar-refractivity contribution in [2.24, 2.45) is 0 Å². The van der Waals surface area contributed by atoms with Crippen LogP contribution in [0.3, 0.4) is 0 Å². The Morgan fingerprint density at radius 3 is 2.59 bits per heavy atom. The van der Waals surface area contributed by atoms with Gasteiger partial charge in [-0.05, 0) is 30.2 Å². The Morgan fingerprint density at radius 2 is 1.86 bits per heavy atom. The number of H-pyrrole nitrogens is 1. The van der Waals surface area contributed by atoms with Crippen LogP contribution in [-0.4, -0.2) is 19.5 Å². The van der Waals surface area contributed by atoms with Gasteiger partial charge in [-0.2, -0.15) is 4.98 Å². The number of nitrogens with zero attached hydrogens (tertiary/aromatic N) is 3. The molecular weight excluding hydrogens is 373 g/mol. The Hall–Kier alpha value is -3.81. The van der Waals surface area contributed by atoms with Gasteiger partial charge in [-0.1, -0.05) is 37.3 Å². The third-order valence-electron chi connectivity index (χ3n) is 4.65. The molecule has 2 aromatic carbocycles. The van der Waals surface area contributed by atoms with Gasteiger partial charge in [-0.25, -0.2) is 18.7 Å². The standard InChI is InChI=1S/C21H18FN5O2/c1-2-13-7-9-15(10-8-13)27-19(28)16-12-24-20(25-18(16)26-21(27)29)23-11-14-5-3-4-6-17(14)22/h3-10,12H,2,11H2,1H3,(H2,23,24,25,26,29). The van der Waals surface area contributed by atoms with Gasteiger partial charge < -0.3 is 5.32 Å². The molecule has 0 aliphatic heterocycles. The molecule has 0 saturated carbocycles. The van der Waals surface area contributed by atoms with Gasteiger partial charge >= 0.3 is 5.69 Å². The molecule has 0 radical (unpaired) electrons. The number of hydrogen-bond acceptors (Lipinski definition) is 5. The monoisotopic (exact) mass is 391 g/mol. The molecular formula is C21H18FN5O2. The van der Waals surface area contributed by atoms with Crippen molar-refractivity contribution in [3.05, 3.63) is 92.5 Å². The Balaban J connectivity index is 1.69. The maximum Gasteiger partial charge on any atom is 0.334 e. The molecule has 146 valence electrons. The number of rotatable bonds is 5. The van der Waals surface area contributed by atoms with Crippen molar-refractivity contribution in [1.29, 1.82) is 0 Å². The lowest BCUT2D eigenvalue weighted by Gasteiger charge is -2.09. The molecule has 0 aliphatic carbocycles. The lowest BCUT2D eigenvalue weighted by molar-refractivity contribution is 0.612. The minimum atomic E-state index is -0.592. The summed E-state index contributed by atoms with van der Waals surface area (Å²) in [6.07, 6.45) is 2.21. The summed E-state index contributed by atoms with van der Waals surface area (Å²) in [4.78, 5) is 36.3. The summed E-state index contributed by atoms with van der Waals surface area (Å²) in [7, 11) is 0. The van der Waals surface area contributed by atoms with Crippen molar-refractivity contribution >= 4 is 17.0 Å². The van der Waals surface area contributed by atoms with Crippen molar-refractivity contribution in [2.75, 3.05) is 5.32 Å². The molecule has 2 aromatic heterocycles. The second-order valence-electron chi connectivity index (χ2n) is 6.49. The Kier molecular flexibility index (Phi) is 4.90. The van der Waals surface area contributed by atoms with Gasteiger partial charge in [0.1, 0.15) is 11.2 Å². The molecule has 0 atom stereocenters. The maximum atomic E-state index is 13.7. The van der Waals surface area contributed by atoms with Crippen molar-refractivity contribution in [3.63, 3.8) is 0 Å². The summed E-state index contributed by atoms with van der Waals surface area (Å²) in [5.41, 5.74) is 1.05. The minimum Gasteiger partial charge on any atom is -0.350 e. The maximum absolute atomic E-state index is 13.7. The van der Waals surface area contributed by atoms with Crippen LogP contribution in [0.15, 0.2) is 64.3 Å². The van der Waals surface area contributed by atoms with Gasteiger partial charge in [-0.15, -0.1) is 0 Å². The quantitative estimate of drug-likeness (QED) is 0.546. The number of fused-ring (bicyclic) bond motifs is 1. The number of halogens is 1. The first kappa shape index (κ1) is 18.5. The number of hydrogen-bond donors (Lipinski definition) is 2. The van der Waals surface area contributed by atoms with E-state index >= 15 is 0 Å². The largest absolute Gasteiger partial charge is 0.350 e. The molecule has 0 spiro atoms. The first-order valence-electron chi connectivity index (χ1n) is 9.15. The van der Waals surface area contributed by atoms with Crippen LogP contribution in [0.2, 0.25) is 0 Å². The van der Waals surface area contributed by atoms with Crippen molar-refractivity contribution in [2.45, 2.75) is 19.9 Å². The van der Waals surface area contributed by atoms with Crippen LogP contribution in [0.4, 0.5) is 10.3 Å². The van der Waals surface area contributed by atoms with E-state index in [9.17, 15) is 14.0 Å². The third kappa shape index (κ3) is 3.64. The zero-order valence-corrected chi connectivity index (χ0v) is 15.6. The van der Waals surface area contributed by atoms with E-state index < -0.39 is 11.2 Å². The van der Waals surface area contributed by atoms with Gasteiger partial charge in [0.05, 0.1) is 5.69 Å². The number of anilines is 1. The first-order valence-corrected chi connectivity index (χ1v) is 9.15. The molecule has 0 bridgehead atoms. The second kappa shape index (κ2) is 7.67. The minimum absolute atomic E-state index is 0.118. The van der Waals surface area contributed by atoms with Crippen molar-refractivity contribution in [1.82, 2.24) is 19.5 Å². The lowest BCUT2D eigenvalue weighted by Crippen LogP contribution is -2.34. The summed E-state index contributed by atoms with van der Waals surface area (Å²) >= 11 is 0. The van der Waals surface area contributed by atoms with E-state index in [4.69, 9.17) is 0 Å². The molecule has 0 fully saturated rings. The van der Waals surface area contributed by atoms with E-state index in [-0.39, 0.29) is 29.3 Å². The summed E-state index contributed by atoms with van der Waals surface area (Å²) in [6.45, 7) is 2.20. The first-order chi connectivity index (χ1) is 14.1. The van der Waals surface area contributed by atoms with Gasteiger partial charge in [0, 0.05) is 18.3 Å². The highest BCUT2D eigenvalue weighted by molar-refractivity contribution is 5.73. The Morgan fingerprint density at radius 1 is 1.10 bits per heavy atom. The second-order valence-corrected chi connectivity index (χ2v) is 6.49. The van der Waals surface area contributed by atoms with E-state index in [2.05, 4.69) is 20.3 Å². The highest BCUT2D eigenvalue weighted by Crippen LogP contribution is 2.11. The van der Waals surface area contributed by atoms with Gasteiger partial charge in [0.15, 0.2) is 5.65 Å². The number of aromatic nitrogens is 4. The molecule has 7 nitrogen and oxygen atoms in total. The van der Waals surface area contributed by atoms with Gasteiger partial charge in [-0.3, -0.25) is 9.78 Å². The SMILES string of the molecule is CCc1ccc(-n2c(=O)[nH]c3nc(NCc4ccccc4F)ncc3c2=O)cc1. The van der Waals surface area contributed by atoms with E-state index in [0.717, 1.165) is 16.6 Å². The van der Waals surface area contributed by atoms with E-state index in [1.807, 2.05) is 19.1 Å². The summed E-state index contributed by atoms with van der Waals surface area (Å²) in [6, 6.07) is 13.6. The predicted molar refractivity (Wildman–Crippen MR) is 109 cm³/mol. The molecule has 2 heterocycles. The Labute approximate surface area is 164 Å². The van der Waals surface area contributed by atoms with Crippen LogP contribution in [0.1, 0.15) is 18.1 Å². The summed E-state index contributed by atoms with van der Waals surface area (Å²) < 4.78 is 14.8. The summed E-state index contributed by atoms with van der Waals surface area (Å²) in [5.74, 6) is -0.160. The molecule has 0 saturated heterocycles. The fourth-order valence-electron chi connectivity index (χ4n) is 3.02. The third-order valence-corrected chi connectivity index (χ3v) is 4.65. The lowest BCUT2D eigenvalue weighted by atomic mass is 10.1. The van der Waals surface area contributed by atoms with Crippen molar-refractivity contribution < 1.29 is 4.39 Å². The van der Waals surface area contributed by atoms with Crippen LogP contribution in [0.25, 0.3) is 16.7 Å². The molecule has 2 N–H and O–H groups in total. The topological polar surface area (TPSA) is 92.7 Å². The smallest absolute Gasteiger partial charge is 0.334 e. The average Bonchev–Trinajstić information content (AvgIpc) is 2.73. The molecule has 0 amide bonds. The zero-order chi connectivity index (χ0) is 20.4. The average molecular weight is 391 g/mol. The van der Waals surface area contributed by atoms with Crippen LogP contribution < -0.4 is 16.6 Å². The highest BCUT2D eigenvalue weighted by Gasteiger charge is 2.12. The molecule has 0 unspecified atom stereocenters. The molecule has 4 aromatic rings. The molecule has 8 heteroatoms. The number of aromatic amines is 1. The molecule has 4 rings (SSSR count). The number of nitrogens with one attached hydrogen (secondary N) is 2. The van der Waals surface area contributed by atoms with Crippen LogP contribution in [-0.2, 0) is 13.0 Å². The molecule has 29 heavy (non-hydrogen) atoms. The van der Waals surface area contributed by atoms with Crippen LogP contribution in [0, 0.1) is 5.82 Å². The van der Waals surface area contributed by atoms with Crippen molar-refractivity contribution in [3.8, 4) is 5.69 Å². The zero-order valence-electron chi connectivity index (χ0n) is 15.6. The highest BCUT2D eigenvalue weighted by atomic mass is 19.1. The summed E-state index contributed by atoms with van der Waals surface area (Å²) in [5, 5.41) is 3.08. The predicted octanol–water partition coefficient (Wildman–Crippen LogP) is 2.78. The fourth-order valence-corrected chi connectivity index (χ4v) is 3.02. The number of aryl methyl sites for hydroxylation is 1. The Bertz CT molecular complexity index is 1300.